The Hall–Kier alpha value is -1.38. The van der Waals surface area contributed by atoms with Gasteiger partial charge >= 0.3 is 6.18 Å². The van der Waals surface area contributed by atoms with Crippen LogP contribution in [0.3, 0.4) is 0 Å². The first-order valence-electron chi connectivity index (χ1n) is 6.04. The molecule has 0 amide bonds. The van der Waals surface area contributed by atoms with E-state index in [0.717, 1.165) is 0 Å². The molecule has 0 aliphatic heterocycles. The van der Waals surface area contributed by atoms with E-state index in [2.05, 4.69) is 0 Å². The highest BCUT2D eigenvalue weighted by molar-refractivity contribution is 5.85. The van der Waals surface area contributed by atoms with Crippen LogP contribution in [-0.4, -0.2) is 38.7 Å². The summed E-state index contributed by atoms with van der Waals surface area (Å²) in [5.41, 5.74) is 5.21. The van der Waals surface area contributed by atoms with Gasteiger partial charge in [0.1, 0.15) is 6.04 Å². The zero-order chi connectivity index (χ0) is 16.2. The van der Waals surface area contributed by atoms with Gasteiger partial charge in [-0.15, -0.1) is 12.4 Å². The van der Waals surface area contributed by atoms with Crippen LogP contribution in [0.5, 0.6) is 17.2 Å². The summed E-state index contributed by atoms with van der Waals surface area (Å²) in [4.78, 5) is 0. The summed E-state index contributed by atoms with van der Waals surface area (Å²) in [5.74, 6) is 0.772. The van der Waals surface area contributed by atoms with E-state index in [4.69, 9.17) is 19.9 Å². The standard InChI is InChI=1S/C13H18F3NO4.ClH/c1-19-9-4-7(5-10(20-2)12(9)21-3)8(18)6-11(17)13(14,15)16;/h4-5,8,11,18H,6,17H2,1-3H3;1H/t8-,11-;/m0./s1. The third kappa shape index (κ3) is 4.82. The predicted molar refractivity (Wildman–Crippen MR) is 77.0 cm³/mol. The fourth-order valence-corrected chi connectivity index (χ4v) is 1.80. The smallest absolute Gasteiger partial charge is 0.403 e. The lowest BCUT2D eigenvalue weighted by atomic mass is 10.0. The van der Waals surface area contributed by atoms with Gasteiger partial charge in [-0.05, 0) is 17.7 Å². The van der Waals surface area contributed by atoms with Crippen molar-refractivity contribution in [3.63, 3.8) is 0 Å². The fourth-order valence-electron chi connectivity index (χ4n) is 1.80. The Bertz CT molecular complexity index is 460. The predicted octanol–water partition coefficient (Wildman–Crippen LogP) is 2.45. The van der Waals surface area contributed by atoms with Crippen molar-refractivity contribution in [1.29, 1.82) is 0 Å². The number of alkyl halides is 3. The molecule has 128 valence electrons. The number of ether oxygens (including phenoxy) is 3. The Kier molecular flexibility index (Phi) is 7.78. The monoisotopic (exact) mass is 345 g/mol. The van der Waals surface area contributed by atoms with Gasteiger partial charge in [-0.2, -0.15) is 13.2 Å². The third-order valence-corrected chi connectivity index (χ3v) is 2.97. The molecule has 0 aromatic heterocycles. The van der Waals surface area contributed by atoms with Crippen molar-refractivity contribution in [2.24, 2.45) is 5.73 Å². The highest BCUT2D eigenvalue weighted by atomic mass is 35.5. The average molecular weight is 346 g/mol. The summed E-state index contributed by atoms with van der Waals surface area (Å²) >= 11 is 0. The molecule has 0 bridgehead atoms. The zero-order valence-electron chi connectivity index (χ0n) is 12.3. The maximum atomic E-state index is 12.4. The minimum absolute atomic E-state index is 0. The fraction of sp³-hybridized carbons (Fsp3) is 0.538. The van der Waals surface area contributed by atoms with Gasteiger partial charge in [0.05, 0.1) is 27.4 Å². The third-order valence-electron chi connectivity index (χ3n) is 2.97. The molecule has 9 heteroatoms. The lowest BCUT2D eigenvalue weighted by Crippen LogP contribution is -2.38. The molecule has 1 aromatic carbocycles. The summed E-state index contributed by atoms with van der Waals surface area (Å²) in [6, 6.07) is 0.649. The van der Waals surface area contributed by atoms with Crippen LogP contribution in [0.25, 0.3) is 0 Å². The Morgan fingerprint density at radius 1 is 1.09 bits per heavy atom. The quantitative estimate of drug-likeness (QED) is 0.828. The van der Waals surface area contributed by atoms with Crippen LogP contribution >= 0.6 is 12.4 Å². The minimum atomic E-state index is -4.57. The highest BCUT2D eigenvalue weighted by Crippen LogP contribution is 2.40. The van der Waals surface area contributed by atoms with E-state index >= 15 is 0 Å². The number of benzene rings is 1. The van der Waals surface area contributed by atoms with E-state index in [1.807, 2.05) is 0 Å². The van der Waals surface area contributed by atoms with Crippen LogP contribution in [0, 0.1) is 0 Å². The molecule has 0 unspecified atom stereocenters. The van der Waals surface area contributed by atoms with Gasteiger partial charge < -0.3 is 25.1 Å². The largest absolute Gasteiger partial charge is 0.493 e. The lowest BCUT2D eigenvalue weighted by molar-refractivity contribution is -0.153. The van der Waals surface area contributed by atoms with E-state index < -0.39 is 24.7 Å². The van der Waals surface area contributed by atoms with Crippen LogP contribution in [-0.2, 0) is 0 Å². The normalized spacial score (nSPS) is 13.8. The van der Waals surface area contributed by atoms with Crippen LogP contribution in [0.15, 0.2) is 12.1 Å². The molecule has 1 rings (SSSR count). The van der Waals surface area contributed by atoms with Gasteiger partial charge in [0.15, 0.2) is 11.5 Å². The number of nitrogens with two attached hydrogens (primary N) is 1. The number of rotatable bonds is 6. The molecule has 0 spiro atoms. The number of aliphatic hydroxyl groups is 1. The van der Waals surface area contributed by atoms with Crippen molar-refractivity contribution in [3.8, 4) is 17.2 Å². The van der Waals surface area contributed by atoms with Crippen molar-refractivity contribution < 1.29 is 32.5 Å². The first-order valence-corrected chi connectivity index (χ1v) is 6.04. The van der Waals surface area contributed by atoms with Crippen LogP contribution < -0.4 is 19.9 Å². The van der Waals surface area contributed by atoms with Gasteiger partial charge in [0.2, 0.25) is 5.75 Å². The molecule has 5 nitrogen and oxygen atoms in total. The Balaban J connectivity index is 0.00000441. The second-order valence-corrected chi connectivity index (χ2v) is 4.36. The van der Waals surface area contributed by atoms with Gasteiger partial charge in [-0.3, -0.25) is 0 Å². The second-order valence-electron chi connectivity index (χ2n) is 4.36. The molecule has 0 radical (unpaired) electrons. The van der Waals surface area contributed by atoms with E-state index in [1.54, 1.807) is 0 Å². The number of hydrogen-bond donors (Lipinski definition) is 2. The van der Waals surface area contributed by atoms with Crippen molar-refractivity contribution in [2.75, 3.05) is 21.3 Å². The molecule has 3 N–H and O–H groups in total. The zero-order valence-corrected chi connectivity index (χ0v) is 13.1. The number of methoxy groups -OCH3 is 3. The molecule has 0 aliphatic rings. The number of aliphatic hydroxyl groups excluding tert-OH is 1. The van der Waals surface area contributed by atoms with Crippen molar-refractivity contribution in [1.82, 2.24) is 0 Å². The molecule has 22 heavy (non-hydrogen) atoms. The first-order chi connectivity index (χ1) is 9.74. The molecule has 1 aromatic rings. The molecule has 0 fully saturated rings. The van der Waals surface area contributed by atoms with E-state index in [9.17, 15) is 18.3 Å². The molecule has 0 heterocycles. The topological polar surface area (TPSA) is 73.9 Å². The second kappa shape index (κ2) is 8.30. The van der Waals surface area contributed by atoms with Crippen molar-refractivity contribution in [3.05, 3.63) is 17.7 Å². The lowest BCUT2D eigenvalue weighted by Gasteiger charge is -2.21. The van der Waals surface area contributed by atoms with E-state index in [-0.39, 0.29) is 35.2 Å². The molecule has 0 saturated carbocycles. The van der Waals surface area contributed by atoms with Gasteiger partial charge in [-0.25, -0.2) is 0 Å². The van der Waals surface area contributed by atoms with Crippen LogP contribution in [0.2, 0.25) is 0 Å². The molecule has 0 saturated heterocycles. The van der Waals surface area contributed by atoms with Crippen molar-refractivity contribution in [2.45, 2.75) is 24.7 Å². The van der Waals surface area contributed by atoms with Crippen LogP contribution in [0.1, 0.15) is 18.1 Å². The molecular weight excluding hydrogens is 327 g/mol. The Morgan fingerprint density at radius 3 is 1.86 bits per heavy atom. The molecule has 0 aliphatic carbocycles. The SMILES string of the molecule is COc1cc([C@@H](O)C[C@H](N)C(F)(F)F)cc(OC)c1OC.Cl. The summed E-state index contributed by atoms with van der Waals surface area (Å²) in [6.45, 7) is 0. The Labute approximate surface area is 132 Å². The maximum Gasteiger partial charge on any atom is 0.403 e. The number of halogens is 4. The van der Waals surface area contributed by atoms with E-state index in [0.29, 0.717) is 0 Å². The Morgan fingerprint density at radius 2 is 1.55 bits per heavy atom. The van der Waals surface area contributed by atoms with Crippen molar-refractivity contribution >= 4 is 12.4 Å². The van der Waals surface area contributed by atoms with Gasteiger partial charge in [0, 0.05) is 6.42 Å². The van der Waals surface area contributed by atoms with Gasteiger partial charge in [0.25, 0.3) is 0 Å². The maximum absolute atomic E-state index is 12.4. The molecule has 2 atom stereocenters. The van der Waals surface area contributed by atoms with Crippen LogP contribution in [0.4, 0.5) is 13.2 Å². The molecular formula is C13H19ClF3NO4. The first kappa shape index (κ1) is 20.6. The summed E-state index contributed by atoms with van der Waals surface area (Å²) in [6.07, 6.45) is -6.64. The summed E-state index contributed by atoms with van der Waals surface area (Å²) in [7, 11) is 4.14. The number of hydrogen-bond acceptors (Lipinski definition) is 5. The summed E-state index contributed by atoms with van der Waals surface area (Å²) in [5, 5.41) is 9.93. The average Bonchev–Trinajstić information content (AvgIpc) is 2.44. The minimum Gasteiger partial charge on any atom is -0.493 e. The summed E-state index contributed by atoms with van der Waals surface area (Å²) < 4.78 is 52.5. The van der Waals surface area contributed by atoms with E-state index in [1.165, 1.54) is 33.5 Å². The van der Waals surface area contributed by atoms with Gasteiger partial charge in [-0.1, -0.05) is 0 Å². The highest BCUT2D eigenvalue weighted by Gasteiger charge is 2.38.